The van der Waals surface area contributed by atoms with E-state index >= 15 is 0 Å². The van der Waals surface area contributed by atoms with E-state index in [4.69, 9.17) is 4.74 Å². The van der Waals surface area contributed by atoms with Crippen molar-refractivity contribution in [2.24, 2.45) is 0 Å². The summed E-state index contributed by atoms with van der Waals surface area (Å²) in [6, 6.07) is 8.01. The molecule has 8 heteroatoms. The Labute approximate surface area is 185 Å². The van der Waals surface area contributed by atoms with Crippen LogP contribution < -0.4 is 4.74 Å². The Kier molecular flexibility index (Phi) is 6.71. The van der Waals surface area contributed by atoms with Gasteiger partial charge in [0.1, 0.15) is 5.75 Å². The molecule has 1 atom stereocenters. The highest BCUT2D eigenvalue weighted by atomic mass is 19.4. The molecule has 3 aromatic rings. The second kappa shape index (κ2) is 9.50. The van der Waals surface area contributed by atoms with Crippen LogP contribution in [0.4, 0.5) is 13.2 Å². The fraction of sp³-hybridized carbons (Fsp3) is 0.458. The molecule has 1 unspecified atom stereocenters. The topological polar surface area (TPSA) is 50.5 Å². The van der Waals surface area contributed by atoms with Crippen molar-refractivity contribution in [2.75, 3.05) is 19.6 Å². The average Bonchev–Trinajstić information content (AvgIpc) is 3.22. The van der Waals surface area contributed by atoms with Crippen LogP contribution in [-0.2, 0) is 12.7 Å². The molecule has 5 nitrogen and oxygen atoms in total. The molecule has 0 aliphatic carbocycles. The van der Waals surface area contributed by atoms with Crippen LogP contribution in [0, 0.1) is 0 Å². The third-order valence-electron chi connectivity index (χ3n) is 6.23. The lowest BCUT2D eigenvalue weighted by Crippen LogP contribution is -2.35. The number of ether oxygens (including phenoxy) is 1. The largest absolute Gasteiger partial charge is 0.464 e. The smallest absolute Gasteiger partial charge is 0.418 e. The van der Waals surface area contributed by atoms with Gasteiger partial charge in [-0.05, 0) is 68.6 Å². The Balaban J connectivity index is 1.36. The maximum absolute atomic E-state index is 13.5. The Morgan fingerprint density at radius 3 is 2.62 bits per heavy atom. The van der Waals surface area contributed by atoms with Crippen LogP contribution in [0.1, 0.15) is 43.2 Å². The van der Waals surface area contributed by atoms with E-state index in [1.54, 1.807) is 30.0 Å². The van der Waals surface area contributed by atoms with Crippen molar-refractivity contribution >= 4 is 10.9 Å². The lowest BCUT2D eigenvalue weighted by Gasteiger charge is -2.32. The quantitative estimate of drug-likeness (QED) is 0.516. The average molecular weight is 448 g/mol. The third kappa shape index (κ3) is 4.91. The van der Waals surface area contributed by atoms with Crippen LogP contribution >= 0.6 is 0 Å². The minimum Gasteiger partial charge on any atom is -0.464 e. The van der Waals surface area contributed by atoms with Gasteiger partial charge in [-0.1, -0.05) is 6.07 Å². The first kappa shape index (κ1) is 22.6. The fourth-order valence-corrected chi connectivity index (χ4v) is 4.50. The Bertz CT molecular complexity index is 1030. The predicted molar refractivity (Wildman–Crippen MR) is 117 cm³/mol. The number of pyridine rings is 1. The van der Waals surface area contributed by atoms with E-state index < -0.39 is 18.0 Å². The van der Waals surface area contributed by atoms with E-state index in [-0.39, 0.29) is 11.3 Å². The van der Waals surface area contributed by atoms with Crippen molar-refractivity contribution in [2.45, 2.75) is 51.1 Å². The Morgan fingerprint density at radius 2 is 1.97 bits per heavy atom. The van der Waals surface area contributed by atoms with Crippen molar-refractivity contribution in [3.05, 3.63) is 60.0 Å². The summed E-state index contributed by atoms with van der Waals surface area (Å²) in [5, 5.41) is 10.8. The number of aliphatic hydroxyl groups excluding tert-OH is 1. The number of benzene rings is 1. The molecule has 32 heavy (non-hydrogen) atoms. The monoisotopic (exact) mass is 447 g/mol. The van der Waals surface area contributed by atoms with Crippen LogP contribution in [0.5, 0.6) is 5.75 Å². The highest BCUT2D eigenvalue weighted by molar-refractivity contribution is 5.89. The molecule has 4 rings (SSSR count). The van der Waals surface area contributed by atoms with Crippen LogP contribution in [0.15, 0.2) is 48.9 Å². The number of alkyl halides is 3. The van der Waals surface area contributed by atoms with E-state index in [0.717, 1.165) is 32.0 Å². The highest BCUT2D eigenvalue weighted by Crippen LogP contribution is 2.39. The maximum atomic E-state index is 13.5. The van der Waals surface area contributed by atoms with E-state index in [2.05, 4.69) is 16.0 Å². The molecule has 0 spiro atoms. The molecule has 1 saturated heterocycles. The SMILES string of the molecule is CCn1ccc2c(OC(O)CCN3CCC(c4cccnc4)CC3)ccc(C(F)(F)F)c21. The molecule has 1 aromatic carbocycles. The molecule has 2 aromatic heterocycles. The van der Waals surface area contributed by atoms with Crippen LogP contribution in [0.3, 0.4) is 0 Å². The summed E-state index contributed by atoms with van der Waals surface area (Å²) in [6.07, 6.45) is 2.23. The zero-order valence-corrected chi connectivity index (χ0v) is 18.1. The van der Waals surface area contributed by atoms with Gasteiger partial charge in [-0.15, -0.1) is 0 Å². The van der Waals surface area contributed by atoms with E-state index in [0.29, 0.717) is 30.8 Å². The number of piperidine rings is 1. The van der Waals surface area contributed by atoms with E-state index in [1.165, 1.54) is 11.6 Å². The molecule has 1 fully saturated rings. The molecule has 1 aliphatic heterocycles. The summed E-state index contributed by atoms with van der Waals surface area (Å²) in [5.41, 5.74) is 0.653. The maximum Gasteiger partial charge on any atom is 0.418 e. The molecule has 0 amide bonds. The standard InChI is InChI=1S/C24H28F3N3O2/c1-2-30-15-9-19-21(6-5-20(23(19)30)24(25,26)27)32-22(31)10-14-29-12-7-17(8-13-29)18-4-3-11-28-16-18/h3-6,9,11,15-17,22,31H,2,7-8,10,12-14H2,1H3. The summed E-state index contributed by atoms with van der Waals surface area (Å²) >= 11 is 0. The Morgan fingerprint density at radius 1 is 1.19 bits per heavy atom. The number of halogens is 3. The van der Waals surface area contributed by atoms with Gasteiger partial charge >= 0.3 is 6.18 Å². The minimum atomic E-state index is -4.46. The van der Waals surface area contributed by atoms with Gasteiger partial charge in [0.25, 0.3) is 0 Å². The lowest BCUT2D eigenvalue weighted by molar-refractivity contribution is -0.136. The van der Waals surface area contributed by atoms with Gasteiger partial charge in [-0.25, -0.2) is 0 Å². The number of fused-ring (bicyclic) bond motifs is 1. The minimum absolute atomic E-state index is 0.0853. The summed E-state index contributed by atoms with van der Waals surface area (Å²) in [4.78, 5) is 6.49. The third-order valence-corrected chi connectivity index (χ3v) is 6.23. The molecule has 172 valence electrons. The number of aryl methyl sites for hydroxylation is 1. The van der Waals surface area contributed by atoms with Gasteiger partial charge in [0.15, 0.2) is 6.29 Å². The predicted octanol–water partition coefficient (Wildman–Crippen LogP) is 5.04. The first-order valence-electron chi connectivity index (χ1n) is 11.0. The number of hydrogen-bond donors (Lipinski definition) is 1. The molecule has 0 radical (unpaired) electrons. The zero-order valence-electron chi connectivity index (χ0n) is 18.1. The fourth-order valence-electron chi connectivity index (χ4n) is 4.50. The van der Waals surface area contributed by atoms with Crippen LogP contribution in [-0.4, -0.2) is 45.5 Å². The lowest BCUT2D eigenvalue weighted by atomic mass is 9.90. The summed E-state index contributed by atoms with van der Waals surface area (Å²) in [6.45, 7) is 4.72. The van der Waals surface area contributed by atoms with Crippen LogP contribution in [0.25, 0.3) is 10.9 Å². The van der Waals surface area contributed by atoms with Gasteiger partial charge in [0, 0.05) is 43.5 Å². The number of likely N-dealkylation sites (tertiary alicyclic amines) is 1. The van der Waals surface area contributed by atoms with Crippen molar-refractivity contribution in [1.82, 2.24) is 14.5 Å². The summed E-state index contributed by atoms with van der Waals surface area (Å²) < 4.78 is 47.6. The molecular weight excluding hydrogens is 419 g/mol. The molecule has 0 bridgehead atoms. The second-order valence-corrected chi connectivity index (χ2v) is 8.24. The number of aliphatic hydroxyl groups is 1. The van der Waals surface area contributed by atoms with Gasteiger partial charge < -0.3 is 19.3 Å². The van der Waals surface area contributed by atoms with E-state index in [1.807, 2.05) is 12.3 Å². The summed E-state index contributed by atoms with van der Waals surface area (Å²) in [5.74, 6) is 0.771. The number of aromatic nitrogens is 2. The zero-order chi connectivity index (χ0) is 22.7. The molecule has 1 aliphatic rings. The van der Waals surface area contributed by atoms with Crippen molar-refractivity contribution < 1.29 is 23.0 Å². The van der Waals surface area contributed by atoms with Gasteiger partial charge in [-0.3, -0.25) is 4.98 Å². The van der Waals surface area contributed by atoms with E-state index in [9.17, 15) is 18.3 Å². The highest BCUT2D eigenvalue weighted by Gasteiger charge is 2.34. The van der Waals surface area contributed by atoms with Crippen molar-refractivity contribution in [3.8, 4) is 5.75 Å². The van der Waals surface area contributed by atoms with Crippen LogP contribution in [0.2, 0.25) is 0 Å². The number of rotatable bonds is 7. The molecular formula is C24H28F3N3O2. The molecule has 1 N–H and O–H groups in total. The number of hydrogen-bond acceptors (Lipinski definition) is 4. The molecule has 3 heterocycles. The summed E-state index contributed by atoms with van der Waals surface area (Å²) in [7, 11) is 0. The van der Waals surface area contributed by atoms with Gasteiger partial charge in [-0.2, -0.15) is 13.2 Å². The normalized spacial score (nSPS) is 17.0. The second-order valence-electron chi connectivity index (χ2n) is 8.24. The van der Waals surface area contributed by atoms with Crippen molar-refractivity contribution in [3.63, 3.8) is 0 Å². The first-order valence-corrected chi connectivity index (χ1v) is 11.0. The Hall–Kier alpha value is -2.58. The number of nitrogens with zero attached hydrogens (tertiary/aromatic N) is 3. The van der Waals surface area contributed by atoms with Gasteiger partial charge in [0.05, 0.1) is 11.1 Å². The first-order chi connectivity index (χ1) is 15.4. The van der Waals surface area contributed by atoms with Crippen molar-refractivity contribution in [1.29, 1.82) is 0 Å². The van der Waals surface area contributed by atoms with Gasteiger partial charge in [0.2, 0.25) is 0 Å². The molecule has 0 saturated carbocycles.